The summed E-state index contributed by atoms with van der Waals surface area (Å²) in [5.74, 6) is 2.84. The van der Waals surface area contributed by atoms with E-state index in [1.807, 2.05) is 26.0 Å². The molecule has 0 unspecified atom stereocenters. The zero-order valence-electron chi connectivity index (χ0n) is 12.4. The summed E-state index contributed by atoms with van der Waals surface area (Å²) in [7, 11) is 0. The van der Waals surface area contributed by atoms with Crippen LogP contribution in [-0.4, -0.2) is 12.5 Å². The van der Waals surface area contributed by atoms with Gasteiger partial charge in [0.05, 0.1) is 5.56 Å². The molecule has 1 aromatic carbocycles. The summed E-state index contributed by atoms with van der Waals surface area (Å²) in [5, 5.41) is 2.84. The summed E-state index contributed by atoms with van der Waals surface area (Å²) in [4.78, 5) is 11.7. The van der Waals surface area contributed by atoms with Crippen LogP contribution < -0.4 is 5.32 Å². The number of hydrogen-bond donors (Lipinski definition) is 1. The van der Waals surface area contributed by atoms with Crippen LogP contribution in [0.2, 0.25) is 0 Å². The van der Waals surface area contributed by atoms with Gasteiger partial charge in [-0.25, -0.2) is 0 Å². The van der Waals surface area contributed by atoms with Gasteiger partial charge in [0.1, 0.15) is 0 Å². The molecule has 2 aliphatic carbocycles. The molecule has 1 aromatic rings. The van der Waals surface area contributed by atoms with E-state index in [2.05, 4.69) is 35.5 Å². The molecule has 2 nitrogen and oxygen atoms in total. The summed E-state index contributed by atoms with van der Waals surface area (Å²) in [6.07, 6.45) is 5.31. The molecule has 0 fully saturated rings. The molecule has 0 aromatic heterocycles. The van der Waals surface area contributed by atoms with Crippen molar-refractivity contribution in [2.24, 2.45) is 5.92 Å². The smallest absolute Gasteiger partial charge is 0.252 e. The molecular formula is C19H19NO. The molecule has 1 N–H and O–H groups in total. The summed E-state index contributed by atoms with van der Waals surface area (Å²) in [6.45, 7) is 4.76. The van der Waals surface area contributed by atoms with E-state index >= 15 is 0 Å². The molecule has 106 valence electrons. The van der Waals surface area contributed by atoms with E-state index in [0.717, 1.165) is 0 Å². The predicted molar refractivity (Wildman–Crippen MR) is 87.0 cm³/mol. The highest BCUT2D eigenvalue weighted by molar-refractivity contribution is 5.96. The van der Waals surface area contributed by atoms with Gasteiger partial charge in [0.15, 0.2) is 0 Å². The quantitative estimate of drug-likeness (QED) is 0.726. The van der Waals surface area contributed by atoms with Crippen LogP contribution >= 0.6 is 0 Å². The minimum atomic E-state index is -0.0998. The maximum atomic E-state index is 11.7. The van der Waals surface area contributed by atoms with Crippen LogP contribution in [0.15, 0.2) is 48.5 Å². The maximum absolute atomic E-state index is 11.7. The van der Waals surface area contributed by atoms with Crippen molar-refractivity contribution in [2.45, 2.75) is 13.8 Å². The largest absolute Gasteiger partial charge is 0.352 e. The van der Waals surface area contributed by atoms with Gasteiger partial charge in [-0.15, -0.1) is 6.42 Å². The van der Waals surface area contributed by atoms with E-state index < -0.39 is 0 Å². The van der Waals surface area contributed by atoms with Crippen LogP contribution in [0.1, 0.15) is 29.8 Å². The number of rotatable bonds is 3. The van der Waals surface area contributed by atoms with Gasteiger partial charge in [-0.1, -0.05) is 50.1 Å². The van der Waals surface area contributed by atoms with E-state index in [4.69, 9.17) is 6.42 Å². The van der Waals surface area contributed by atoms with E-state index in [9.17, 15) is 4.79 Å². The Morgan fingerprint density at radius 1 is 1.14 bits per heavy atom. The van der Waals surface area contributed by atoms with E-state index in [0.29, 0.717) is 23.6 Å². The fraction of sp³-hybridized carbons (Fsp3) is 0.211. The molecule has 1 amide bonds. The average Bonchev–Trinajstić information content (AvgIpc) is 3.11. The Bertz CT molecular complexity index is 663. The molecule has 0 aliphatic heterocycles. The van der Waals surface area contributed by atoms with Gasteiger partial charge in [-0.2, -0.15) is 0 Å². The van der Waals surface area contributed by atoms with Crippen LogP contribution in [-0.2, 0) is 0 Å². The summed E-state index contributed by atoms with van der Waals surface area (Å²) in [5.41, 5.74) is 4.06. The molecular weight excluding hydrogens is 258 g/mol. The lowest BCUT2D eigenvalue weighted by Gasteiger charge is -2.08. The van der Waals surface area contributed by atoms with Crippen LogP contribution in [0, 0.1) is 18.3 Å². The number of nitrogens with one attached hydrogen (secondary N) is 1. The second-order valence-electron chi connectivity index (χ2n) is 5.37. The first-order valence-electron chi connectivity index (χ1n) is 7.06. The molecule has 0 radical (unpaired) electrons. The lowest BCUT2D eigenvalue weighted by Crippen LogP contribution is -2.27. The first-order valence-corrected chi connectivity index (χ1v) is 7.06. The fourth-order valence-corrected chi connectivity index (χ4v) is 1.87. The zero-order chi connectivity index (χ0) is 15.2. The normalized spacial score (nSPS) is 10.2. The third-order valence-corrected chi connectivity index (χ3v) is 3.11. The SMILES string of the molecule is C#Cc1ccccc1C(=O)NCC(C)C.c1cc2cc-2c1. The van der Waals surface area contributed by atoms with Crippen LogP contribution in [0.4, 0.5) is 0 Å². The predicted octanol–water partition coefficient (Wildman–Crippen LogP) is 3.72. The Morgan fingerprint density at radius 2 is 1.81 bits per heavy atom. The van der Waals surface area contributed by atoms with Crippen molar-refractivity contribution >= 4 is 5.91 Å². The van der Waals surface area contributed by atoms with Crippen LogP contribution in [0.3, 0.4) is 0 Å². The molecule has 0 saturated carbocycles. The summed E-state index contributed by atoms with van der Waals surface area (Å²) < 4.78 is 0. The van der Waals surface area contributed by atoms with Crippen molar-refractivity contribution in [2.75, 3.05) is 6.54 Å². The molecule has 2 heteroatoms. The second kappa shape index (κ2) is 6.76. The first kappa shape index (κ1) is 14.9. The molecule has 3 rings (SSSR count). The van der Waals surface area contributed by atoms with Gasteiger partial charge in [0, 0.05) is 12.1 Å². The maximum Gasteiger partial charge on any atom is 0.252 e. The third kappa shape index (κ3) is 4.22. The Morgan fingerprint density at radius 3 is 2.29 bits per heavy atom. The minimum Gasteiger partial charge on any atom is -0.352 e. The van der Waals surface area contributed by atoms with Crippen molar-refractivity contribution in [1.29, 1.82) is 0 Å². The Kier molecular flexibility index (Phi) is 4.79. The number of terminal acetylenes is 1. The number of fused-ring (bicyclic) bond motifs is 1. The van der Waals surface area contributed by atoms with Gasteiger partial charge < -0.3 is 5.32 Å². The third-order valence-electron chi connectivity index (χ3n) is 3.11. The zero-order valence-corrected chi connectivity index (χ0v) is 12.4. The highest BCUT2D eigenvalue weighted by Gasteiger charge is 2.09. The highest BCUT2D eigenvalue weighted by atomic mass is 16.1. The summed E-state index contributed by atoms with van der Waals surface area (Å²) >= 11 is 0. The Hall–Kier alpha value is -2.53. The van der Waals surface area contributed by atoms with Crippen molar-refractivity contribution in [3.05, 3.63) is 59.7 Å². The van der Waals surface area contributed by atoms with E-state index in [1.165, 1.54) is 11.1 Å². The van der Waals surface area contributed by atoms with Crippen LogP contribution in [0.5, 0.6) is 0 Å². The Balaban J connectivity index is 0.000000218. The summed E-state index contributed by atoms with van der Waals surface area (Å²) in [6, 6.07) is 15.6. The minimum absolute atomic E-state index is 0.0998. The second-order valence-corrected chi connectivity index (χ2v) is 5.37. The fourth-order valence-electron chi connectivity index (χ4n) is 1.87. The molecule has 2 aliphatic rings. The van der Waals surface area contributed by atoms with Crippen molar-refractivity contribution < 1.29 is 4.79 Å². The number of hydrogen-bond acceptors (Lipinski definition) is 1. The topological polar surface area (TPSA) is 29.1 Å². The van der Waals surface area contributed by atoms with Gasteiger partial charge in [0.2, 0.25) is 0 Å². The number of benzene rings is 2. The van der Waals surface area contributed by atoms with E-state index in [1.54, 1.807) is 12.1 Å². The Labute approximate surface area is 126 Å². The van der Waals surface area contributed by atoms with E-state index in [-0.39, 0.29) is 5.91 Å². The van der Waals surface area contributed by atoms with Gasteiger partial charge in [-0.05, 0) is 35.2 Å². The monoisotopic (exact) mass is 277 g/mol. The van der Waals surface area contributed by atoms with Gasteiger partial charge >= 0.3 is 0 Å². The van der Waals surface area contributed by atoms with Crippen molar-refractivity contribution in [3.63, 3.8) is 0 Å². The molecule has 0 saturated heterocycles. The first-order chi connectivity index (χ1) is 10.1. The molecule has 0 spiro atoms. The lowest BCUT2D eigenvalue weighted by molar-refractivity contribution is 0.0949. The van der Waals surface area contributed by atoms with Crippen molar-refractivity contribution in [1.82, 2.24) is 5.32 Å². The number of carbonyl (C=O) groups excluding carboxylic acids is 1. The van der Waals surface area contributed by atoms with Gasteiger partial charge in [-0.3, -0.25) is 4.79 Å². The highest BCUT2D eigenvalue weighted by Crippen LogP contribution is 2.32. The standard InChI is InChI=1S/C13H15NO.C6H4/c1-4-11-7-5-6-8-12(11)13(15)14-9-10(2)3;1-2-5-4-6(5)3-1/h1,5-8,10H,9H2,2-3H3,(H,14,15);1-4H. The molecule has 0 atom stereocenters. The lowest BCUT2D eigenvalue weighted by atomic mass is 10.1. The average molecular weight is 277 g/mol. The van der Waals surface area contributed by atoms with Gasteiger partial charge in [0.25, 0.3) is 5.91 Å². The van der Waals surface area contributed by atoms with Crippen LogP contribution in [0.25, 0.3) is 11.1 Å². The molecule has 21 heavy (non-hydrogen) atoms. The number of amides is 1. The number of carbonyl (C=O) groups is 1. The van der Waals surface area contributed by atoms with Crippen molar-refractivity contribution in [3.8, 4) is 23.5 Å². The molecule has 0 heterocycles. The molecule has 0 bridgehead atoms.